The van der Waals surface area contributed by atoms with Crippen LogP contribution in [0.5, 0.6) is 17.2 Å². The fraction of sp³-hybridized carbons (Fsp3) is 0.364. The minimum Gasteiger partial charge on any atom is -0.491 e. The summed E-state index contributed by atoms with van der Waals surface area (Å²) < 4.78 is 88.4. The van der Waals surface area contributed by atoms with Crippen molar-refractivity contribution in [1.29, 1.82) is 0 Å². The number of unbranched alkanes of at least 4 members (excludes halogenated alkanes) is 3. The molecule has 224 valence electrons. The molecule has 0 bridgehead atoms. The van der Waals surface area contributed by atoms with Gasteiger partial charge in [0.1, 0.15) is 5.82 Å². The summed E-state index contributed by atoms with van der Waals surface area (Å²) in [6, 6.07) is 8.89. The molecule has 0 aliphatic heterocycles. The molecule has 1 aliphatic rings. The Balaban J connectivity index is 1.40. The number of allylic oxidation sites excluding steroid dienone is 2. The fourth-order valence-corrected chi connectivity index (χ4v) is 4.97. The summed E-state index contributed by atoms with van der Waals surface area (Å²) in [4.78, 5) is 12.6. The summed E-state index contributed by atoms with van der Waals surface area (Å²) in [5.41, 5.74) is 0.962. The Morgan fingerprint density at radius 1 is 0.810 bits per heavy atom. The lowest BCUT2D eigenvalue weighted by Crippen LogP contribution is -2.12. The molecule has 0 saturated carbocycles. The largest absolute Gasteiger partial charge is 0.491 e. The molecule has 0 saturated heterocycles. The smallest absolute Gasteiger partial charge is 0.343 e. The number of carbonyl (C=O) groups is 1. The molecule has 0 heterocycles. The summed E-state index contributed by atoms with van der Waals surface area (Å²) >= 11 is 0. The van der Waals surface area contributed by atoms with Crippen molar-refractivity contribution in [3.8, 4) is 17.2 Å². The van der Waals surface area contributed by atoms with E-state index in [0.29, 0.717) is 31.3 Å². The van der Waals surface area contributed by atoms with E-state index in [1.54, 1.807) is 13.0 Å². The number of ether oxygens (including phenoxy) is 3. The van der Waals surface area contributed by atoms with E-state index in [-0.39, 0.29) is 47.3 Å². The van der Waals surface area contributed by atoms with Crippen LogP contribution < -0.4 is 14.2 Å². The highest BCUT2D eigenvalue weighted by Crippen LogP contribution is 2.39. The van der Waals surface area contributed by atoms with Crippen LogP contribution in [0.1, 0.15) is 86.2 Å². The SMILES string of the molecule is CCCCCCOc1ccc(OC(=O)c2ccc(C3=CCC(c4ccc(OCC)c(F)c4F)CC3)c(F)c2)c(F)c1F. The standard InChI is InChI=1S/C33H33F5O4/c1-3-5-6-7-18-41-27-16-17-28(32(38)31(27)37)42-33(39)22-12-13-23(25(34)19-22)20-8-10-21(11-9-20)24-14-15-26(40-4-2)30(36)29(24)35/h8,12-17,19,21H,3-7,9-11,18H2,1-2H3. The minimum absolute atomic E-state index is 0.140. The summed E-state index contributed by atoms with van der Waals surface area (Å²) in [6.07, 6.45) is 6.66. The first-order valence-electron chi connectivity index (χ1n) is 14.2. The quantitative estimate of drug-likeness (QED) is 0.0916. The third kappa shape index (κ3) is 7.12. The highest BCUT2D eigenvalue weighted by Gasteiger charge is 2.25. The molecule has 0 N–H and O–H groups in total. The van der Waals surface area contributed by atoms with Crippen molar-refractivity contribution in [3.63, 3.8) is 0 Å². The van der Waals surface area contributed by atoms with Crippen LogP contribution in [0.3, 0.4) is 0 Å². The van der Waals surface area contributed by atoms with Crippen LogP contribution >= 0.6 is 0 Å². The van der Waals surface area contributed by atoms with Gasteiger partial charge in [0.25, 0.3) is 0 Å². The zero-order valence-electron chi connectivity index (χ0n) is 23.6. The molecule has 0 aromatic heterocycles. The predicted molar refractivity (Wildman–Crippen MR) is 149 cm³/mol. The van der Waals surface area contributed by atoms with Crippen LogP contribution in [0, 0.1) is 29.1 Å². The summed E-state index contributed by atoms with van der Waals surface area (Å²) in [5.74, 6) is -7.73. The maximum absolute atomic E-state index is 15.1. The molecule has 0 fully saturated rings. The second-order valence-electron chi connectivity index (χ2n) is 10.1. The third-order valence-corrected chi connectivity index (χ3v) is 7.25. The van der Waals surface area contributed by atoms with E-state index in [1.807, 2.05) is 0 Å². The van der Waals surface area contributed by atoms with Gasteiger partial charge >= 0.3 is 5.97 Å². The van der Waals surface area contributed by atoms with E-state index < -0.39 is 40.8 Å². The number of hydrogen-bond donors (Lipinski definition) is 0. The topological polar surface area (TPSA) is 44.8 Å². The van der Waals surface area contributed by atoms with Gasteiger partial charge in [-0.15, -0.1) is 0 Å². The minimum atomic E-state index is -1.38. The predicted octanol–water partition coefficient (Wildman–Crippen LogP) is 9.31. The molecule has 1 atom stereocenters. The molecule has 0 radical (unpaired) electrons. The van der Waals surface area contributed by atoms with Gasteiger partial charge in [-0.05, 0) is 80.0 Å². The van der Waals surface area contributed by atoms with Crippen LogP contribution in [0.15, 0.2) is 48.5 Å². The van der Waals surface area contributed by atoms with Gasteiger partial charge < -0.3 is 14.2 Å². The number of benzene rings is 3. The molecule has 9 heteroatoms. The molecule has 1 unspecified atom stereocenters. The van der Waals surface area contributed by atoms with Crippen LogP contribution in [-0.4, -0.2) is 19.2 Å². The first kappa shape index (κ1) is 31.1. The maximum Gasteiger partial charge on any atom is 0.343 e. The van der Waals surface area contributed by atoms with E-state index in [2.05, 4.69) is 6.92 Å². The van der Waals surface area contributed by atoms with Crippen molar-refractivity contribution < 1.29 is 41.0 Å². The summed E-state index contributed by atoms with van der Waals surface area (Å²) in [5, 5.41) is 0. The van der Waals surface area contributed by atoms with Crippen LogP contribution in [0.4, 0.5) is 22.0 Å². The number of hydrogen-bond acceptors (Lipinski definition) is 4. The average molecular weight is 589 g/mol. The summed E-state index contributed by atoms with van der Waals surface area (Å²) in [6.45, 7) is 4.18. The zero-order valence-corrected chi connectivity index (χ0v) is 23.6. The fourth-order valence-electron chi connectivity index (χ4n) is 4.97. The summed E-state index contributed by atoms with van der Waals surface area (Å²) in [7, 11) is 0. The molecule has 3 aromatic carbocycles. The molecule has 0 spiro atoms. The lowest BCUT2D eigenvalue weighted by molar-refractivity contribution is 0.0725. The number of halogens is 5. The average Bonchev–Trinajstić information content (AvgIpc) is 2.99. The lowest BCUT2D eigenvalue weighted by Gasteiger charge is -2.24. The Labute approximate surface area is 242 Å². The highest BCUT2D eigenvalue weighted by atomic mass is 19.2. The van der Waals surface area contributed by atoms with Crippen molar-refractivity contribution in [2.75, 3.05) is 13.2 Å². The van der Waals surface area contributed by atoms with E-state index >= 15 is 4.39 Å². The molecule has 3 aromatic rings. The first-order chi connectivity index (χ1) is 20.2. The van der Waals surface area contributed by atoms with Gasteiger partial charge in [0.05, 0.1) is 18.8 Å². The molecule has 1 aliphatic carbocycles. The van der Waals surface area contributed by atoms with E-state index in [0.717, 1.165) is 31.4 Å². The first-order valence-corrected chi connectivity index (χ1v) is 14.2. The van der Waals surface area contributed by atoms with Gasteiger partial charge in [0.2, 0.25) is 17.5 Å². The Kier molecular flexibility index (Phi) is 10.6. The van der Waals surface area contributed by atoms with Gasteiger partial charge in [0, 0.05) is 5.56 Å². The Bertz CT molecular complexity index is 1450. The van der Waals surface area contributed by atoms with Crippen molar-refractivity contribution in [1.82, 2.24) is 0 Å². The molecule has 4 nitrogen and oxygen atoms in total. The third-order valence-electron chi connectivity index (χ3n) is 7.25. The number of carbonyl (C=O) groups excluding carboxylic acids is 1. The van der Waals surface area contributed by atoms with Crippen molar-refractivity contribution in [3.05, 3.63) is 94.3 Å². The Morgan fingerprint density at radius 2 is 1.50 bits per heavy atom. The zero-order chi connectivity index (χ0) is 30.2. The van der Waals surface area contributed by atoms with Crippen LogP contribution in [-0.2, 0) is 0 Å². The van der Waals surface area contributed by atoms with Gasteiger partial charge in [-0.1, -0.05) is 44.4 Å². The monoisotopic (exact) mass is 588 g/mol. The molecule has 4 rings (SSSR count). The van der Waals surface area contributed by atoms with Crippen LogP contribution in [0.2, 0.25) is 0 Å². The van der Waals surface area contributed by atoms with Gasteiger partial charge in [-0.25, -0.2) is 13.6 Å². The molecule has 0 amide bonds. The lowest BCUT2D eigenvalue weighted by atomic mass is 9.82. The Hall–Kier alpha value is -3.88. The second-order valence-corrected chi connectivity index (χ2v) is 10.1. The highest BCUT2D eigenvalue weighted by molar-refractivity contribution is 5.91. The molecular weight excluding hydrogens is 555 g/mol. The van der Waals surface area contributed by atoms with Gasteiger partial charge in [0.15, 0.2) is 23.1 Å². The molecule has 42 heavy (non-hydrogen) atoms. The van der Waals surface area contributed by atoms with Crippen molar-refractivity contribution >= 4 is 11.5 Å². The number of rotatable bonds is 12. The van der Waals surface area contributed by atoms with Crippen molar-refractivity contribution in [2.24, 2.45) is 0 Å². The van der Waals surface area contributed by atoms with Gasteiger partial charge in [-0.3, -0.25) is 0 Å². The van der Waals surface area contributed by atoms with E-state index in [9.17, 15) is 22.4 Å². The second kappa shape index (κ2) is 14.3. The Morgan fingerprint density at radius 3 is 2.19 bits per heavy atom. The maximum atomic E-state index is 15.1. The molecular formula is C33H33F5O4. The van der Waals surface area contributed by atoms with Crippen molar-refractivity contribution in [2.45, 2.75) is 64.7 Å². The normalized spacial score (nSPS) is 14.8. The van der Waals surface area contributed by atoms with Crippen LogP contribution in [0.25, 0.3) is 5.57 Å². The van der Waals surface area contributed by atoms with E-state index in [1.165, 1.54) is 30.3 Å². The van der Waals surface area contributed by atoms with E-state index in [4.69, 9.17) is 14.2 Å². The van der Waals surface area contributed by atoms with Gasteiger partial charge in [-0.2, -0.15) is 13.2 Å². The number of esters is 1.